The van der Waals surface area contributed by atoms with Gasteiger partial charge in [-0.05, 0) is 52.7 Å². The number of hydrogen-bond donors (Lipinski definition) is 1. The van der Waals surface area contributed by atoms with Crippen molar-refractivity contribution in [1.82, 2.24) is 19.6 Å². The number of carboxylic acid groups (broad SMARTS) is 1. The average Bonchev–Trinajstić information content (AvgIpc) is 3.11. The van der Waals surface area contributed by atoms with Crippen LogP contribution in [0, 0.1) is 0 Å². The van der Waals surface area contributed by atoms with Crippen molar-refractivity contribution in [3.8, 4) is 0 Å². The fraction of sp³-hybridized carbons (Fsp3) is 0.514. The highest BCUT2D eigenvalue weighted by atomic mass is 16.6. The number of carbonyl (C=O) groups is 6. The van der Waals surface area contributed by atoms with Crippen molar-refractivity contribution in [3.05, 3.63) is 71.8 Å². The van der Waals surface area contributed by atoms with E-state index >= 15 is 0 Å². The summed E-state index contributed by atoms with van der Waals surface area (Å²) >= 11 is 0. The van der Waals surface area contributed by atoms with Gasteiger partial charge in [-0.3, -0.25) is 9.80 Å². The Kier molecular flexibility index (Phi) is 14.9. The van der Waals surface area contributed by atoms with E-state index in [0.717, 1.165) is 16.0 Å². The lowest BCUT2D eigenvalue weighted by atomic mass is 10.1. The Bertz CT molecular complexity index is 1560. The van der Waals surface area contributed by atoms with Crippen LogP contribution < -0.4 is 0 Å². The fourth-order valence-electron chi connectivity index (χ4n) is 5.15. The molecule has 2 fully saturated rings. The van der Waals surface area contributed by atoms with Crippen LogP contribution in [0.2, 0.25) is 0 Å². The second-order valence-electron chi connectivity index (χ2n) is 14.2. The summed E-state index contributed by atoms with van der Waals surface area (Å²) in [7, 11) is 1.24. The van der Waals surface area contributed by atoms with E-state index in [4.69, 9.17) is 23.7 Å². The maximum atomic E-state index is 12.4. The lowest BCUT2D eigenvalue weighted by Crippen LogP contribution is -2.60. The summed E-state index contributed by atoms with van der Waals surface area (Å²) in [5, 5.41) is 9.44. The molecule has 2 aromatic carbocycles. The molecule has 2 aromatic rings. The van der Waals surface area contributed by atoms with E-state index in [1.807, 2.05) is 60.7 Å². The van der Waals surface area contributed by atoms with Crippen molar-refractivity contribution in [3.63, 3.8) is 0 Å². The molecule has 4 rings (SSSR count). The average molecular weight is 743 g/mol. The van der Waals surface area contributed by atoms with Crippen LogP contribution in [0.1, 0.15) is 52.7 Å². The predicted molar refractivity (Wildman–Crippen MR) is 190 cm³/mol. The van der Waals surface area contributed by atoms with Crippen LogP contribution in [0.5, 0.6) is 0 Å². The van der Waals surface area contributed by atoms with Gasteiger partial charge >= 0.3 is 36.3 Å². The zero-order valence-electron chi connectivity index (χ0n) is 31.3. The molecule has 53 heavy (non-hydrogen) atoms. The SMILES string of the molecule is CC(C)(C)OC(=O)N1CCN(C(=O)OCc2ccccc2)C[C@H]1C(=O)O.COC(=O)[C@@H]1CN(C(=O)OCc2ccccc2)CCN1C(=O)OC(C)(C)C. The molecule has 2 heterocycles. The molecule has 290 valence electrons. The van der Waals surface area contributed by atoms with E-state index < -0.39 is 59.6 Å². The molecular formula is C37H50N4O12. The summed E-state index contributed by atoms with van der Waals surface area (Å²) in [4.78, 5) is 78.0. The van der Waals surface area contributed by atoms with Crippen LogP contribution in [0.4, 0.5) is 19.2 Å². The van der Waals surface area contributed by atoms with Gasteiger partial charge in [-0.2, -0.15) is 0 Å². The molecule has 2 aliphatic rings. The van der Waals surface area contributed by atoms with E-state index in [1.165, 1.54) is 21.8 Å². The van der Waals surface area contributed by atoms with Crippen molar-refractivity contribution < 1.29 is 57.6 Å². The number of benzene rings is 2. The summed E-state index contributed by atoms with van der Waals surface area (Å²) in [6, 6.07) is 16.4. The molecule has 0 saturated carbocycles. The number of carboxylic acids is 1. The quantitative estimate of drug-likeness (QED) is 0.318. The first-order valence-electron chi connectivity index (χ1n) is 17.1. The number of carbonyl (C=O) groups excluding carboxylic acids is 5. The lowest BCUT2D eigenvalue weighted by Gasteiger charge is -2.39. The number of hydrogen-bond acceptors (Lipinski definition) is 11. The molecule has 0 radical (unpaired) electrons. The molecule has 0 unspecified atom stereocenters. The number of esters is 1. The van der Waals surface area contributed by atoms with Crippen molar-refractivity contribution >= 4 is 36.3 Å². The van der Waals surface area contributed by atoms with Gasteiger partial charge in [0.05, 0.1) is 20.2 Å². The molecule has 2 saturated heterocycles. The number of piperazine rings is 2. The number of aliphatic carboxylic acids is 1. The standard InChI is InChI=1S/C19H26N2O6.C18H24N2O6/c1-19(2,3)27-18(24)21-11-10-20(12-15(21)16(22)25-4)17(23)26-13-14-8-6-5-7-9-14;1-18(2,3)26-17(24)20-10-9-19(11-14(20)15(21)22)16(23)25-12-13-7-5-4-6-8-13/h5-9,15H,10-13H2,1-4H3;4-8,14H,9-12H2,1-3H3,(H,21,22)/t15-;14-/m00/s1. The van der Waals surface area contributed by atoms with Crippen molar-refractivity contribution in [2.24, 2.45) is 0 Å². The maximum Gasteiger partial charge on any atom is 0.411 e. The minimum atomic E-state index is -1.20. The number of rotatable bonds is 6. The van der Waals surface area contributed by atoms with Crippen molar-refractivity contribution in [2.45, 2.75) is 78.0 Å². The summed E-state index contributed by atoms with van der Waals surface area (Å²) < 4.78 is 25.9. The second-order valence-corrected chi connectivity index (χ2v) is 14.2. The molecular weight excluding hydrogens is 692 g/mol. The molecule has 0 aromatic heterocycles. The number of ether oxygens (including phenoxy) is 5. The lowest BCUT2D eigenvalue weighted by molar-refractivity contribution is -0.149. The Labute approximate surface area is 309 Å². The zero-order valence-corrected chi connectivity index (χ0v) is 31.3. The molecule has 16 heteroatoms. The Hall–Kier alpha value is -5.54. The molecule has 2 aliphatic heterocycles. The number of nitrogens with zero attached hydrogens (tertiary/aromatic N) is 4. The predicted octanol–water partition coefficient (Wildman–Crippen LogP) is 4.75. The highest BCUT2D eigenvalue weighted by Gasteiger charge is 2.41. The summed E-state index contributed by atoms with van der Waals surface area (Å²) in [5.41, 5.74) is 0.279. The minimum absolute atomic E-state index is 0.0143. The minimum Gasteiger partial charge on any atom is -0.480 e. The van der Waals surface area contributed by atoms with Crippen LogP contribution >= 0.6 is 0 Å². The molecule has 4 amide bonds. The van der Waals surface area contributed by atoms with E-state index in [1.54, 1.807) is 41.5 Å². The van der Waals surface area contributed by atoms with Crippen molar-refractivity contribution in [1.29, 1.82) is 0 Å². The number of amides is 4. The van der Waals surface area contributed by atoms with Gasteiger partial charge in [0, 0.05) is 26.2 Å². The van der Waals surface area contributed by atoms with Crippen LogP contribution in [-0.2, 0) is 46.5 Å². The van der Waals surface area contributed by atoms with Gasteiger partial charge in [0.25, 0.3) is 0 Å². The zero-order chi connectivity index (χ0) is 39.3. The monoisotopic (exact) mass is 742 g/mol. The number of methoxy groups -OCH3 is 1. The van der Waals surface area contributed by atoms with Gasteiger partial charge < -0.3 is 38.6 Å². The first kappa shape index (κ1) is 41.9. The van der Waals surface area contributed by atoms with Crippen LogP contribution in [0.25, 0.3) is 0 Å². The Morgan fingerprint density at radius 2 is 0.981 bits per heavy atom. The van der Waals surface area contributed by atoms with E-state index in [9.17, 15) is 33.9 Å². The van der Waals surface area contributed by atoms with Gasteiger partial charge in [-0.15, -0.1) is 0 Å². The molecule has 0 aliphatic carbocycles. The van der Waals surface area contributed by atoms with Crippen LogP contribution in [0.15, 0.2) is 60.7 Å². The van der Waals surface area contributed by atoms with Crippen LogP contribution in [-0.4, -0.2) is 131 Å². The highest BCUT2D eigenvalue weighted by Crippen LogP contribution is 2.19. The third kappa shape index (κ3) is 13.5. The Balaban J connectivity index is 0.000000286. The first-order chi connectivity index (χ1) is 24.9. The van der Waals surface area contributed by atoms with Gasteiger partial charge in [0.1, 0.15) is 24.4 Å². The largest absolute Gasteiger partial charge is 0.480 e. The van der Waals surface area contributed by atoms with Gasteiger partial charge in [-0.25, -0.2) is 28.8 Å². The summed E-state index contributed by atoms with van der Waals surface area (Å²) in [6.45, 7) is 11.0. The van der Waals surface area contributed by atoms with Gasteiger partial charge in [0.15, 0.2) is 12.1 Å². The van der Waals surface area contributed by atoms with E-state index in [-0.39, 0.29) is 52.5 Å². The van der Waals surface area contributed by atoms with E-state index in [0.29, 0.717) is 0 Å². The second kappa shape index (κ2) is 18.8. The Morgan fingerprint density at radius 3 is 1.34 bits per heavy atom. The van der Waals surface area contributed by atoms with Crippen molar-refractivity contribution in [2.75, 3.05) is 46.4 Å². The molecule has 0 bridgehead atoms. The first-order valence-corrected chi connectivity index (χ1v) is 17.1. The normalized spacial score (nSPS) is 17.4. The topological polar surface area (TPSA) is 182 Å². The van der Waals surface area contributed by atoms with Gasteiger partial charge in [0.2, 0.25) is 0 Å². The van der Waals surface area contributed by atoms with E-state index in [2.05, 4.69) is 0 Å². The molecule has 1 N–H and O–H groups in total. The summed E-state index contributed by atoms with van der Waals surface area (Å²) in [6.07, 6.45) is -2.47. The van der Waals surface area contributed by atoms with Gasteiger partial charge in [-0.1, -0.05) is 60.7 Å². The molecule has 0 spiro atoms. The fourth-order valence-corrected chi connectivity index (χ4v) is 5.15. The third-order valence-corrected chi connectivity index (χ3v) is 7.70. The molecule has 2 atom stereocenters. The Morgan fingerprint density at radius 1 is 0.604 bits per heavy atom. The molecule has 16 nitrogen and oxygen atoms in total. The third-order valence-electron chi connectivity index (χ3n) is 7.70. The maximum absolute atomic E-state index is 12.4. The van der Waals surface area contributed by atoms with Crippen LogP contribution in [0.3, 0.4) is 0 Å². The smallest absolute Gasteiger partial charge is 0.411 e. The summed E-state index contributed by atoms with van der Waals surface area (Å²) in [5.74, 6) is -1.81. The highest BCUT2D eigenvalue weighted by molar-refractivity contribution is 5.83.